The molecule has 0 bridgehead atoms. The first-order valence-corrected chi connectivity index (χ1v) is 6.06. The van der Waals surface area contributed by atoms with Crippen molar-refractivity contribution in [3.05, 3.63) is 0 Å². The van der Waals surface area contributed by atoms with Crippen LogP contribution in [0.4, 0.5) is 0 Å². The minimum Gasteiger partial charge on any atom is -0.480 e. The molecule has 1 aliphatic rings. The Kier molecular flexibility index (Phi) is 3.97. The molecule has 0 fully saturated rings. The van der Waals surface area contributed by atoms with Crippen LogP contribution in [0.1, 0.15) is 40.5 Å². The van der Waals surface area contributed by atoms with Gasteiger partial charge in [-0.05, 0) is 26.7 Å². The second-order valence-electron chi connectivity index (χ2n) is 4.66. The molecule has 0 aromatic heterocycles. The summed E-state index contributed by atoms with van der Waals surface area (Å²) in [5.41, 5.74) is -0.677. The van der Waals surface area contributed by atoms with E-state index in [1.54, 1.807) is 13.8 Å². The molecule has 0 saturated heterocycles. The van der Waals surface area contributed by atoms with Gasteiger partial charge in [-0.2, -0.15) is 5.10 Å². The molecular weight excluding hydrogens is 252 g/mol. The average molecular weight is 270 g/mol. The number of hydrazone groups is 1. The standard InChI is InChI=1S/C12H18N2O5/c1-5-12(6-2,9(16)17)10(18)19-11(4)7(3)13-14-8(11)15/h5-6H2,1-4H3,(H,14,15)(H,16,17). The Morgan fingerprint density at radius 3 is 2.26 bits per heavy atom. The van der Waals surface area contributed by atoms with Gasteiger partial charge in [-0.3, -0.25) is 14.4 Å². The van der Waals surface area contributed by atoms with Gasteiger partial charge in [0.25, 0.3) is 5.91 Å². The van der Waals surface area contributed by atoms with Crippen LogP contribution in [0.25, 0.3) is 0 Å². The molecule has 0 radical (unpaired) electrons. The summed E-state index contributed by atoms with van der Waals surface area (Å²) in [6, 6.07) is 0. The van der Waals surface area contributed by atoms with Gasteiger partial charge in [-0.25, -0.2) is 5.43 Å². The normalized spacial score (nSPS) is 22.7. The lowest BCUT2D eigenvalue weighted by molar-refractivity contribution is -0.178. The summed E-state index contributed by atoms with van der Waals surface area (Å²) in [5.74, 6) is -2.75. The average Bonchev–Trinajstić information content (AvgIpc) is 2.59. The number of hydrogen-bond donors (Lipinski definition) is 2. The van der Waals surface area contributed by atoms with E-state index in [4.69, 9.17) is 4.74 Å². The summed E-state index contributed by atoms with van der Waals surface area (Å²) < 4.78 is 5.17. The number of carboxylic acid groups (broad SMARTS) is 1. The quantitative estimate of drug-likeness (QED) is 0.564. The summed E-state index contributed by atoms with van der Waals surface area (Å²) in [6.45, 7) is 6.11. The minimum atomic E-state index is -1.63. The Bertz CT molecular complexity index is 453. The number of carbonyl (C=O) groups excluding carboxylic acids is 2. The Morgan fingerprint density at radius 2 is 1.95 bits per heavy atom. The first-order chi connectivity index (χ1) is 8.74. The topological polar surface area (TPSA) is 105 Å². The van der Waals surface area contributed by atoms with Gasteiger partial charge in [0, 0.05) is 0 Å². The molecule has 7 heteroatoms. The third-order valence-electron chi connectivity index (χ3n) is 3.75. The number of nitrogens with one attached hydrogen (secondary N) is 1. The van der Waals surface area contributed by atoms with E-state index in [9.17, 15) is 19.5 Å². The molecule has 1 unspecified atom stereocenters. The summed E-state index contributed by atoms with van der Waals surface area (Å²) >= 11 is 0. The number of aliphatic carboxylic acids is 1. The minimum absolute atomic E-state index is 0.0888. The van der Waals surface area contributed by atoms with Crippen molar-refractivity contribution in [1.29, 1.82) is 0 Å². The molecular formula is C12H18N2O5. The molecule has 1 atom stereocenters. The predicted octanol–water partition coefficient (Wildman–Crippen LogP) is 0.685. The van der Waals surface area contributed by atoms with E-state index >= 15 is 0 Å². The number of nitrogens with zero attached hydrogens (tertiary/aromatic N) is 1. The van der Waals surface area contributed by atoms with Crippen LogP contribution < -0.4 is 5.43 Å². The summed E-state index contributed by atoms with van der Waals surface area (Å²) in [6.07, 6.45) is 0.178. The second kappa shape index (κ2) is 4.99. The Hall–Kier alpha value is -1.92. The maximum atomic E-state index is 12.2. The van der Waals surface area contributed by atoms with Crippen molar-refractivity contribution < 1.29 is 24.2 Å². The van der Waals surface area contributed by atoms with Gasteiger partial charge in [-0.15, -0.1) is 0 Å². The number of rotatable bonds is 5. The molecule has 1 heterocycles. The maximum absolute atomic E-state index is 12.2. The molecule has 1 amide bonds. The molecule has 0 aliphatic carbocycles. The monoisotopic (exact) mass is 270 g/mol. The Morgan fingerprint density at radius 1 is 1.42 bits per heavy atom. The number of ether oxygens (including phenoxy) is 1. The van der Waals surface area contributed by atoms with Crippen molar-refractivity contribution in [2.24, 2.45) is 10.5 Å². The fourth-order valence-electron chi connectivity index (χ4n) is 1.84. The zero-order chi connectivity index (χ0) is 14.8. The third-order valence-corrected chi connectivity index (χ3v) is 3.75. The van der Waals surface area contributed by atoms with Crippen LogP contribution in [-0.2, 0) is 19.1 Å². The summed E-state index contributed by atoms with van der Waals surface area (Å²) in [5, 5.41) is 12.9. The van der Waals surface area contributed by atoms with E-state index in [1.807, 2.05) is 0 Å². The SMILES string of the molecule is CCC(CC)(C(=O)O)C(=O)OC1(C)C(=O)NN=C1C. The van der Waals surface area contributed by atoms with Gasteiger partial charge in [0.1, 0.15) is 0 Å². The largest absolute Gasteiger partial charge is 0.480 e. The molecule has 0 aromatic rings. The van der Waals surface area contributed by atoms with Gasteiger partial charge >= 0.3 is 11.9 Å². The van der Waals surface area contributed by atoms with Crippen LogP contribution in [0.2, 0.25) is 0 Å². The molecule has 19 heavy (non-hydrogen) atoms. The highest BCUT2D eigenvalue weighted by atomic mass is 16.6. The zero-order valence-electron chi connectivity index (χ0n) is 11.4. The van der Waals surface area contributed by atoms with Crippen molar-refractivity contribution in [3.8, 4) is 0 Å². The smallest absolute Gasteiger partial charge is 0.324 e. The van der Waals surface area contributed by atoms with Crippen LogP contribution in [0.15, 0.2) is 5.10 Å². The van der Waals surface area contributed by atoms with Gasteiger partial charge in [-0.1, -0.05) is 13.8 Å². The molecule has 1 rings (SSSR count). The van der Waals surface area contributed by atoms with Crippen LogP contribution >= 0.6 is 0 Å². The summed E-state index contributed by atoms with van der Waals surface area (Å²) in [7, 11) is 0. The van der Waals surface area contributed by atoms with Gasteiger partial charge in [0.15, 0.2) is 5.41 Å². The molecule has 2 N–H and O–H groups in total. The first kappa shape index (κ1) is 15.1. The number of carboxylic acids is 1. The Labute approximate surface area is 111 Å². The highest BCUT2D eigenvalue weighted by molar-refractivity contribution is 6.15. The van der Waals surface area contributed by atoms with Crippen LogP contribution in [0.3, 0.4) is 0 Å². The lowest BCUT2D eigenvalue weighted by atomic mass is 9.82. The molecule has 7 nitrogen and oxygen atoms in total. The van der Waals surface area contributed by atoms with Crippen molar-refractivity contribution >= 4 is 23.6 Å². The predicted molar refractivity (Wildman–Crippen MR) is 66.4 cm³/mol. The number of esters is 1. The fourth-order valence-corrected chi connectivity index (χ4v) is 1.84. The van der Waals surface area contributed by atoms with E-state index in [0.29, 0.717) is 0 Å². The van der Waals surface area contributed by atoms with Crippen LogP contribution in [-0.4, -0.2) is 34.3 Å². The molecule has 0 saturated carbocycles. The van der Waals surface area contributed by atoms with Crippen molar-refractivity contribution in [2.75, 3.05) is 0 Å². The van der Waals surface area contributed by atoms with Gasteiger partial charge in [0.2, 0.25) is 5.60 Å². The first-order valence-electron chi connectivity index (χ1n) is 6.06. The lowest BCUT2D eigenvalue weighted by Gasteiger charge is -2.29. The maximum Gasteiger partial charge on any atom is 0.324 e. The fraction of sp³-hybridized carbons (Fsp3) is 0.667. The van der Waals surface area contributed by atoms with Gasteiger partial charge < -0.3 is 9.84 Å². The number of carbonyl (C=O) groups is 3. The zero-order valence-corrected chi connectivity index (χ0v) is 11.4. The van der Waals surface area contributed by atoms with Gasteiger partial charge in [0.05, 0.1) is 5.71 Å². The van der Waals surface area contributed by atoms with E-state index in [1.165, 1.54) is 13.8 Å². The highest BCUT2D eigenvalue weighted by Crippen LogP contribution is 2.31. The molecule has 1 aliphatic heterocycles. The van der Waals surface area contributed by atoms with E-state index < -0.39 is 28.9 Å². The van der Waals surface area contributed by atoms with Crippen LogP contribution in [0.5, 0.6) is 0 Å². The van der Waals surface area contributed by atoms with E-state index in [2.05, 4.69) is 10.5 Å². The highest BCUT2D eigenvalue weighted by Gasteiger charge is 2.51. The van der Waals surface area contributed by atoms with Crippen LogP contribution in [0, 0.1) is 5.41 Å². The lowest BCUT2D eigenvalue weighted by Crippen LogP contribution is -2.50. The van der Waals surface area contributed by atoms with Crippen molar-refractivity contribution in [3.63, 3.8) is 0 Å². The van der Waals surface area contributed by atoms with Crippen molar-refractivity contribution in [1.82, 2.24) is 5.43 Å². The summed E-state index contributed by atoms with van der Waals surface area (Å²) in [4.78, 5) is 35.2. The number of amides is 1. The number of hydrogen-bond acceptors (Lipinski definition) is 5. The molecule has 0 aromatic carbocycles. The Balaban J connectivity index is 3.05. The van der Waals surface area contributed by atoms with E-state index in [-0.39, 0.29) is 18.6 Å². The van der Waals surface area contributed by atoms with E-state index in [0.717, 1.165) is 0 Å². The molecule has 106 valence electrons. The van der Waals surface area contributed by atoms with Crippen molar-refractivity contribution in [2.45, 2.75) is 46.1 Å². The third kappa shape index (κ3) is 2.20. The second-order valence-corrected chi connectivity index (χ2v) is 4.66. The molecule has 0 spiro atoms.